The van der Waals surface area contributed by atoms with Crippen LogP contribution < -0.4 is 11.1 Å². The van der Waals surface area contributed by atoms with Gasteiger partial charge < -0.3 is 20.2 Å². The summed E-state index contributed by atoms with van der Waals surface area (Å²) in [6.45, 7) is 4.46. The van der Waals surface area contributed by atoms with E-state index in [1.165, 1.54) is 0 Å². The van der Waals surface area contributed by atoms with Gasteiger partial charge in [-0.25, -0.2) is 0 Å². The largest absolute Gasteiger partial charge is 0.423 e. The molecule has 0 radical (unpaired) electrons. The third-order valence-electron chi connectivity index (χ3n) is 2.50. The van der Waals surface area contributed by atoms with Crippen LogP contribution in [0.2, 0.25) is 0 Å². The molecule has 0 bridgehead atoms. The maximum absolute atomic E-state index is 5.68. The van der Waals surface area contributed by atoms with Gasteiger partial charge in [0.25, 0.3) is 6.01 Å². The van der Waals surface area contributed by atoms with E-state index in [2.05, 4.69) is 17.2 Å². The number of benzene rings is 1. The Morgan fingerprint density at radius 1 is 1.39 bits per heavy atom. The molecule has 0 spiro atoms. The summed E-state index contributed by atoms with van der Waals surface area (Å²) in [7, 11) is 0. The number of hydrogen-bond acceptors (Lipinski definition) is 5. The number of nitrogens with two attached hydrogens (primary N) is 1. The van der Waals surface area contributed by atoms with Crippen LogP contribution in [0.5, 0.6) is 0 Å². The van der Waals surface area contributed by atoms with E-state index in [1.54, 1.807) is 6.07 Å². The zero-order chi connectivity index (χ0) is 12.8. The highest BCUT2D eigenvalue weighted by atomic mass is 16.5. The third kappa shape index (κ3) is 3.37. The SMILES string of the molecule is CCCOCCCNc1nc2ccc(N)cc2o1. The molecule has 5 nitrogen and oxygen atoms in total. The summed E-state index contributed by atoms with van der Waals surface area (Å²) in [6, 6.07) is 5.97. The fraction of sp³-hybridized carbons (Fsp3) is 0.462. The second-order valence-corrected chi connectivity index (χ2v) is 4.14. The summed E-state index contributed by atoms with van der Waals surface area (Å²) in [5.41, 5.74) is 7.88. The quantitative estimate of drug-likeness (QED) is 0.583. The summed E-state index contributed by atoms with van der Waals surface area (Å²) in [4.78, 5) is 4.31. The number of aromatic nitrogens is 1. The van der Waals surface area contributed by atoms with Gasteiger partial charge in [-0.15, -0.1) is 0 Å². The first kappa shape index (κ1) is 12.7. The van der Waals surface area contributed by atoms with Gasteiger partial charge in [0.1, 0.15) is 5.52 Å². The summed E-state index contributed by atoms with van der Waals surface area (Å²) >= 11 is 0. The van der Waals surface area contributed by atoms with Crippen LogP contribution in [0.1, 0.15) is 19.8 Å². The molecular formula is C13H19N3O2. The van der Waals surface area contributed by atoms with Crippen LogP contribution in [-0.2, 0) is 4.74 Å². The number of nitrogens with one attached hydrogen (secondary N) is 1. The first-order chi connectivity index (χ1) is 8.79. The van der Waals surface area contributed by atoms with Gasteiger partial charge in [-0.1, -0.05) is 6.92 Å². The smallest absolute Gasteiger partial charge is 0.295 e. The molecule has 98 valence electrons. The Bertz CT molecular complexity index is 496. The molecule has 1 aromatic carbocycles. The molecule has 0 unspecified atom stereocenters. The first-order valence-electron chi connectivity index (χ1n) is 6.27. The van der Waals surface area contributed by atoms with Crippen molar-refractivity contribution in [2.45, 2.75) is 19.8 Å². The Hall–Kier alpha value is -1.75. The van der Waals surface area contributed by atoms with Crippen LogP contribution in [0.15, 0.2) is 22.6 Å². The minimum Gasteiger partial charge on any atom is -0.423 e. The van der Waals surface area contributed by atoms with Crippen molar-refractivity contribution in [2.24, 2.45) is 0 Å². The van der Waals surface area contributed by atoms with Crippen LogP contribution in [0.3, 0.4) is 0 Å². The van der Waals surface area contributed by atoms with E-state index in [-0.39, 0.29) is 0 Å². The number of nitrogen functional groups attached to an aromatic ring is 1. The zero-order valence-corrected chi connectivity index (χ0v) is 10.6. The van der Waals surface area contributed by atoms with Gasteiger partial charge in [-0.3, -0.25) is 0 Å². The van der Waals surface area contributed by atoms with Crippen molar-refractivity contribution in [2.75, 3.05) is 30.8 Å². The van der Waals surface area contributed by atoms with E-state index in [0.29, 0.717) is 17.3 Å². The molecule has 5 heteroatoms. The molecule has 0 amide bonds. The average molecular weight is 249 g/mol. The van der Waals surface area contributed by atoms with Crippen molar-refractivity contribution in [3.8, 4) is 0 Å². The Morgan fingerprint density at radius 3 is 3.11 bits per heavy atom. The van der Waals surface area contributed by atoms with Crippen LogP contribution in [-0.4, -0.2) is 24.7 Å². The monoisotopic (exact) mass is 249 g/mol. The molecule has 0 atom stereocenters. The number of oxazole rings is 1. The average Bonchev–Trinajstić information content (AvgIpc) is 2.75. The minimum absolute atomic E-state index is 0.533. The Labute approximate surface area is 106 Å². The molecule has 0 saturated carbocycles. The maximum Gasteiger partial charge on any atom is 0.295 e. The summed E-state index contributed by atoms with van der Waals surface area (Å²) in [5.74, 6) is 0. The van der Waals surface area contributed by atoms with Crippen molar-refractivity contribution in [3.05, 3.63) is 18.2 Å². The molecule has 1 heterocycles. The molecule has 0 aliphatic heterocycles. The first-order valence-corrected chi connectivity index (χ1v) is 6.27. The van der Waals surface area contributed by atoms with Gasteiger partial charge in [-0.05, 0) is 25.0 Å². The molecule has 2 aromatic rings. The highest BCUT2D eigenvalue weighted by Crippen LogP contribution is 2.20. The fourth-order valence-corrected chi connectivity index (χ4v) is 1.63. The highest BCUT2D eigenvalue weighted by molar-refractivity contribution is 5.77. The Morgan fingerprint density at radius 2 is 2.28 bits per heavy atom. The predicted molar refractivity (Wildman–Crippen MR) is 72.6 cm³/mol. The summed E-state index contributed by atoms with van der Waals surface area (Å²) in [6.07, 6.45) is 1.99. The lowest BCUT2D eigenvalue weighted by Crippen LogP contribution is -2.06. The van der Waals surface area contributed by atoms with Crippen molar-refractivity contribution < 1.29 is 9.15 Å². The van der Waals surface area contributed by atoms with Crippen molar-refractivity contribution in [3.63, 3.8) is 0 Å². The normalized spacial score (nSPS) is 10.9. The van der Waals surface area contributed by atoms with Crippen LogP contribution in [0, 0.1) is 0 Å². The van der Waals surface area contributed by atoms with E-state index in [0.717, 1.165) is 38.1 Å². The molecule has 0 aliphatic rings. The number of nitrogens with zero attached hydrogens (tertiary/aromatic N) is 1. The van der Waals surface area contributed by atoms with Gasteiger partial charge in [0.2, 0.25) is 0 Å². The number of fused-ring (bicyclic) bond motifs is 1. The third-order valence-corrected chi connectivity index (χ3v) is 2.50. The van der Waals surface area contributed by atoms with Crippen molar-refractivity contribution in [1.29, 1.82) is 0 Å². The minimum atomic E-state index is 0.533. The second-order valence-electron chi connectivity index (χ2n) is 4.14. The van der Waals surface area contributed by atoms with Crippen LogP contribution in [0.4, 0.5) is 11.7 Å². The number of hydrogen-bond donors (Lipinski definition) is 2. The highest BCUT2D eigenvalue weighted by Gasteiger charge is 2.04. The van der Waals surface area contributed by atoms with Gasteiger partial charge >= 0.3 is 0 Å². The molecule has 0 aliphatic carbocycles. The molecule has 2 rings (SSSR count). The lowest BCUT2D eigenvalue weighted by Gasteiger charge is -2.02. The number of ether oxygens (including phenoxy) is 1. The lowest BCUT2D eigenvalue weighted by molar-refractivity contribution is 0.134. The fourth-order valence-electron chi connectivity index (χ4n) is 1.63. The van der Waals surface area contributed by atoms with Crippen molar-refractivity contribution >= 4 is 22.8 Å². The molecule has 0 fully saturated rings. The van der Waals surface area contributed by atoms with E-state index < -0.39 is 0 Å². The number of anilines is 2. The van der Waals surface area contributed by atoms with E-state index >= 15 is 0 Å². The molecule has 18 heavy (non-hydrogen) atoms. The molecule has 1 aromatic heterocycles. The van der Waals surface area contributed by atoms with Crippen molar-refractivity contribution in [1.82, 2.24) is 4.98 Å². The maximum atomic E-state index is 5.68. The molecule has 0 saturated heterocycles. The van der Waals surface area contributed by atoms with E-state index in [4.69, 9.17) is 14.9 Å². The molecule has 3 N–H and O–H groups in total. The Balaban J connectivity index is 1.81. The second kappa shape index (κ2) is 6.26. The standard InChI is InChI=1S/C13H19N3O2/c1-2-7-17-8-3-6-15-13-16-11-5-4-10(14)9-12(11)18-13/h4-5,9H,2-3,6-8,14H2,1H3,(H,15,16). The molecular weight excluding hydrogens is 230 g/mol. The van der Waals surface area contributed by atoms with E-state index in [9.17, 15) is 0 Å². The van der Waals surface area contributed by atoms with Gasteiger partial charge in [0, 0.05) is 31.5 Å². The lowest BCUT2D eigenvalue weighted by atomic mass is 10.3. The van der Waals surface area contributed by atoms with Gasteiger partial charge in [-0.2, -0.15) is 4.98 Å². The van der Waals surface area contributed by atoms with Gasteiger partial charge in [0.15, 0.2) is 5.58 Å². The van der Waals surface area contributed by atoms with Gasteiger partial charge in [0.05, 0.1) is 0 Å². The van der Waals surface area contributed by atoms with E-state index in [1.807, 2.05) is 12.1 Å². The van der Waals surface area contributed by atoms with Crippen LogP contribution >= 0.6 is 0 Å². The number of rotatable bonds is 7. The summed E-state index contributed by atoms with van der Waals surface area (Å²) < 4.78 is 10.9. The predicted octanol–water partition coefficient (Wildman–Crippen LogP) is 2.64. The zero-order valence-electron chi connectivity index (χ0n) is 10.6. The topological polar surface area (TPSA) is 73.3 Å². The van der Waals surface area contributed by atoms with Crippen LogP contribution in [0.25, 0.3) is 11.1 Å². The Kier molecular flexibility index (Phi) is 4.41. The summed E-state index contributed by atoms with van der Waals surface area (Å²) in [5, 5.41) is 3.13.